The van der Waals surface area contributed by atoms with Gasteiger partial charge in [-0.15, -0.1) is 0 Å². The van der Waals surface area contributed by atoms with Gasteiger partial charge in [0.25, 0.3) is 0 Å². The fourth-order valence-electron chi connectivity index (χ4n) is 2.65. The molecular weight excluding hydrogens is 210 g/mol. The third-order valence-electron chi connectivity index (χ3n) is 3.91. The largest absolute Gasteiger partial charge is 0.489 e. The molecule has 1 aromatic heterocycles. The molecule has 1 aliphatic rings. The van der Waals surface area contributed by atoms with Crippen LogP contribution in [0.5, 0.6) is 5.75 Å². The van der Waals surface area contributed by atoms with Crippen molar-refractivity contribution in [3.63, 3.8) is 0 Å². The van der Waals surface area contributed by atoms with Gasteiger partial charge in [0.1, 0.15) is 5.75 Å². The summed E-state index contributed by atoms with van der Waals surface area (Å²) in [7, 11) is 0. The van der Waals surface area contributed by atoms with Crippen LogP contribution < -0.4 is 4.74 Å². The van der Waals surface area contributed by atoms with Gasteiger partial charge in [0, 0.05) is 6.20 Å². The Balaban J connectivity index is 1.88. The molecule has 1 aromatic rings. The predicted molar refractivity (Wildman–Crippen MR) is 70.2 cm³/mol. The van der Waals surface area contributed by atoms with Crippen LogP contribution in [0.4, 0.5) is 0 Å². The summed E-state index contributed by atoms with van der Waals surface area (Å²) in [6.07, 6.45) is 7.21. The van der Waals surface area contributed by atoms with E-state index in [4.69, 9.17) is 4.74 Å². The first-order valence-electron chi connectivity index (χ1n) is 6.75. The monoisotopic (exact) mass is 233 g/mol. The molecule has 1 aliphatic carbocycles. The average molecular weight is 233 g/mol. The highest BCUT2D eigenvalue weighted by atomic mass is 16.5. The predicted octanol–water partition coefficient (Wildman–Crippen LogP) is 3.98. The molecule has 17 heavy (non-hydrogen) atoms. The fourth-order valence-corrected chi connectivity index (χ4v) is 2.65. The van der Waals surface area contributed by atoms with Crippen LogP contribution in [0.15, 0.2) is 18.3 Å². The summed E-state index contributed by atoms with van der Waals surface area (Å²) in [5.41, 5.74) is 0.999. The second-order valence-corrected chi connectivity index (χ2v) is 5.49. The number of rotatable bonds is 3. The Labute approximate surface area is 104 Å². The molecule has 0 N–H and O–H groups in total. The minimum Gasteiger partial charge on any atom is -0.489 e. The summed E-state index contributed by atoms with van der Waals surface area (Å²) in [6, 6.07) is 3.97. The molecule has 0 spiro atoms. The first kappa shape index (κ1) is 12.4. The lowest BCUT2D eigenvalue weighted by atomic mass is 9.80. The summed E-state index contributed by atoms with van der Waals surface area (Å²) in [4.78, 5) is 4.26. The number of aryl methyl sites for hydroxylation is 1. The van der Waals surface area contributed by atoms with Crippen molar-refractivity contribution in [2.75, 3.05) is 0 Å². The summed E-state index contributed by atoms with van der Waals surface area (Å²) in [5.74, 6) is 2.67. The van der Waals surface area contributed by atoms with Gasteiger partial charge in [-0.25, -0.2) is 0 Å². The van der Waals surface area contributed by atoms with Gasteiger partial charge in [-0.3, -0.25) is 4.98 Å². The van der Waals surface area contributed by atoms with E-state index in [9.17, 15) is 0 Å². The lowest BCUT2D eigenvalue weighted by Gasteiger charge is -2.31. The Kier molecular flexibility index (Phi) is 4.03. The maximum Gasteiger partial charge on any atom is 0.140 e. The van der Waals surface area contributed by atoms with Crippen molar-refractivity contribution < 1.29 is 4.74 Å². The van der Waals surface area contributed by atoms with E-state index in [0.29, 0.717) is 6.10 Å². The molecule has 1 fully saturated rings. The molecule has 2 nitrogen and oxygen atoms in total. The van der Waals surface area contributed by atoms with Crippen LogP contribution >= 0.6 is 0 Å². The fraction of sp³-hybridized carbons (Fsp3) is 0.667. The maximum absolute atomic E-state index is 6.05. The van der Waals surface area contributed by atoms with Crippen molar-refractivity contribution in [1.29, 1.82) is 0 Å². The van der Waals surface area contributed by atoms with Crippen LogP contribution in [-0.2, 0) is 0 Å². The van der Waals surface area contributed by atoms with E-state index in [1.165, 1.54) is 25.7 Å². The van der Waals surface area contributed by atoms with Gasteiger partial charge >= 0.3 is 0 Å². The average Bonchev–Trinajstić information content (AvgIpc) is 2.33. The molecule has 0 radical (unpaired) electrons. The molecule has 0 aromatic carbocycles. The van der Waals surface area contributed by atoms with E-state index in [1.54, 1.807) is 0 Å². The molecule has 0 atom stereocenters. The molecule has 94 valence electrons. The van der Waals surface area contributed by atoms with Crippen molar-refractivity contribution >= 4 is 0 Å². The highest BCUT2D eigenvalue weighted by molar-refractivity contribution is 5.25. The number of hydrogen-bond donors (Lipinski definition) is 0. The minimum atomic E-state index is 0.396. The summed E-state index contributed by atoms with van der Waals surface area (Å²) in [5, 5.41) is 0. The zero-order valence-electron chi connectivity index (χ0n) is 11.1. The van der Waals surface area contributed by atoms with E-state index in [-0.39, 0.29) is 0 Å². The molecule has 0 aliphatic heterocycles. The summed E-state index contributed by atoms with van der Waals surface area (Å²) < 4.78 is 6.05. The standard InChI is InChI=1S/C15H23NO/c1-11(2)13-6-8-14(9-7-13)17-15-5-4-10-16-12(15)3/h4-5,10-11,13-14H,6-9H2,1-3H3. The van der Waals surface area contributed by atoms with Gasteiger partial charge in [0.05, 0.1) is 11.8 Å². The second-order valence-electron chi connectivity index (χ2n) is 5.49. The molecular formula is C15H23NO. The van der Waals surface area contributed by atoms with Gasteiger partial charge in [-0.2, -0.15) is 0 Å². The Morgan fingerprint density at radius 1 is 1.24 bits per heavy atom. The van der Waals surface area contributed by atoms with Crippen LogP contribution in [0.1, 0.15) is 45.2 Å². The van der Waals surface area contributed by atoms with Crippen LogP contribution in [-0.4, -0.2) is 11.1 Å². The van der Waals surface area contributed by atoms with Gasteiger partial charge in [0.2, 0.25) is 0 Å². The van der Waals surface area contributed by atoms with Gasteiger partial charge in [-0.1, -0.05) is 13.8 Å². The maximum atomic E-state index is 6.05. The molecule has 1 heterocycles. The Morgan fingerprint density at radius 3 is 2.53 bits per heavy atom. The first-order valence-corrected chi connectivity index (χ1v) is 6.75. The van der Waals surface area contributed by atoms with Gasteiger partial charge in [-0.05, 0) is 56.6 Å². The van der Waals surface area contributed by atoms with Crippen molar-refractivity contribution in [3.05, 3.63) is 24.0 Å². The Bertz CT molecular complexity index is 354. The zero-order chi connectivity index (χ0) is 12.3. The van der Waals surface area contributed by atoms with Crippen molar-refractivity contribution in [2.45, 2.75) is 52.6 Å². The minimum absolute atomic E-state index is 0.396. The lowest BCUT2D eigenvalue weighted by Crippen LogP contribution is -2.26. The number of aromatic nitrogens is 1. The first-order chi connectivity index (χ1) is 8.16. The van der Waals surface area contributed by atoms with Crippen LogP contribution in [0, 0.1) is 18.8 Å². The topological polar surface area (TPSA) is 22.1 Å². The third kappa shape index (κ3) is 3.21. The number of nitrogens with zero attached hydrogens (tertiary/aromatic N) is 1. The van der Waals surface area contributed by atoms with Gasteiger partial charge in [0.15, 0.2) is 0 Å². The molecule has 2 heteroatoms. The lowest BCUT2D eigenvalue weighted by molar-refractivity contribution is 0.115. The molecule has 0 unspecified atom stereocenters. The summed E-state index contributed by atoms with van der Waals surface area (Å²) >= 11 is 0. The van der Waals surface area contributed by atoms with Crippen LogP contribution in [0.3, 0.4) is 0 Å². The quantitative estimate of drug-likeness (QED) is 0.787. The number of pyridine rings is 1. The smallest absolute Gasteiger partial charge is 0.140 e. The Hall–Kier alpha value is -1.05. The van der Waals surface area contributed by atoms with Crippen molar-refractivity contribution in [3.8, 4) is 5.75 Å². The van der Waals surface area contributed by atoms with E-state index in [1.807, 2.05) is 25.3 Å². The van der Waals surface area contributed by atoms with Crippen molar-refractivity contribution in [1.82, 2.24) is 4.98 Å². The normalized spacial score (nSPS) is 24.9. The molecule has 0 saturated heterocycles. The molecule has 0 bridgehead atoms. The van der Waals surface area contributed by atoms with Gasteiger partial charge < -0.3 is 4.74 Å². The van der Waals surface area contributed by atoms with E-state index in [2.05, 4.69) is 18.8 Å². The van der Waals surface area contributed by atoms with E-state index in [0.717, 1.165) is 23.3 Å². The van der Waals surface area contributed by atoms with E-state index >= 15 is 0 Å². The zero-order valence-corrected chi connectivity index (χ0v) is 11.1. The Morgan fingerprint density at radius 2 is 1.94 bits per heavy atom. The number of ether oxygens (including phenoxy) is 1. The molecule has 2 rings (SSSR count). The molecule has 1 saturated carbocycles. The van der Waals surface area contributed by atoms with Crippen molar-refractivity contribution in [2.24, 2.45) is 11.8 Å². The summed E-state index contributed by atoms with van der Waals surface area (Å²) in [6.45, 7) is 6.67. The number of hydrogen-bond acceptors (Lipinski definition) is 2. The van der Waals surface area contributed by atoms with E-state index < -0.39 is 0 Å². The second kappa shape index (κ2) is 5.52. The highest BCUT2D eigenvalue weighted by Gasteiger charge is 2.24. The highest BCUT2D eigenvalue weighted by Crippen LogP contribution is 2.32. The van der Waals surface area contributed by atoms with Crippen LogP contribution in [0.2, 0.25) is 0 Å². The molecule has 0 amide bonds. The SMILES string of the molecule is Cc1ncccc1OC1CCC(C(C)C)CC1. The van der Waals surface area contributed by atoms with Crippen LogP contribution in [0.25, 0.3) is 0 Å². The third-order valence-corrected chi connectivity index (χ3v) is 3.91.